The van der Waals surface area contributed by atoms with Gasteiger partial charge in [0, 0.05) is 24.3 Å². The molecule has 3 rings (SSSR count). The molecule has 1 aliphatic heterocycles. The highest BCUT2D eigenvalue weighted by Crippen LogP contribution is 2.35. The molecule has 5 nitrogen and oxygen atoms in total. The van der Waals surface area contributed by atoms with Crippen LogP contribution in [0.25, 0.3) is 0 Å². The van der Waals surface area contributed by atoms with Crippen LogP contribution < -0.4 is 5.32 Å². The van der Waals surface area contributed by atoms with Gasteiger partial charge in [0.1, 0.15) is 0 Å². The molecule has 0 radical (unpaired) electrons. The summed E-state index contributed by atoms with van der Waals surface area (Å²) in [7, 11) is 0. The number of likely N-dealkylation sites (tertiary alicyclic amines) is 1. The average molecular weight is 347 g/mol. The van der Waals surface area contributed by atoms with Crippen LogP contribution in [0.2, 0.25) is 0 Å². The van der Waals surface area contributed by atoms with E-state index in [0.717, 1.165) is 5.56 Å². The Morgan fingerprint density at radius 2 is 1.65 bits per heavy atom. The number of urea groups is 1. The largest absolute Gasteiger partial charge is 0.324 e. The van der Waals surface area contributed by atoms with Crippen molar-refractivity contribution in [3.05, 3.63) is 65.7 Å². The number of hydrogen-bond donors (Lipinski definition) is 1. The Balaban J connectivity index is 1.63. The number of nitrogens with zero attached hydrogens (tertiary/aromatic N) is 2. The van der Waals surface area contributed by atoms with Crippen molar-refractivity contribution in [2.75, 3.05) is 18.4 Å². The fourth-order valence-electron chi connectivity index (χ4n) is 3.30. The Bertz CT molecular complexity index is 830. The highest BCUT2D eigenvalue weighted by atomic mass is 16.2. The molecular weight excluding hydrogens is 326 g/mol. The van der Waals surface area contributed by atoms with E-state index in [4.69, 9.17) is 0 Å². The van der Waals surface area contributed by atoms with Crippen LogP contribution in [0.15, 0.2) is 54.6 Å². The first-order chi connectivity index (χ1) is 12.5. The highest BCUT2D eigenvalue weighted by Gasteiger charge is 2.37. The molecule has 1 fully saturated rings. The number of amides is 2. The van der Waals surface area contributed by atoms with Gasteiger partial charge in [0.15, 0.2) is 5.78 Å². The normalized spacial score (nSPS) is 15.8. The van der Waals surface area contributed by atoms with Crippen molar-refractivity contribution < 1.29 is 9.59 Å². The van der Waals surface area contributed by atoms with Crippen molar-refractivity contribution in [2.24, 2.45) is 0 Å². The number of carbonyl (C=O) groups is 2. The Kier molecular flexibility index (Phi) is 5.04. The van der Waals surface area contributed by atoms with Crippen molar-refractivity contribution in [3.63, 3.8) is 0 Å². The Morgan fingerprint density at radius 1 is 1.04 bits per heavy atom. The fraction of sp³-hybridized carbons (Fsp3) is 0.286. The summed E-state index contributed by atoms with van der Waals surface area (Å²) in [5.74, 6) is -0.00679. The number of hydrogen-bond acceptors (Lipinski definition) is 3. The first-order valence-electron chi connectivity index (χ1n) is 8.68. The molecular formula is C21H21N3O2. The zero-order chi connectivity index (χ0) is 18.6. The van der Waals surface area contributed by atoms with Crippen molar-refractivity contribution in [1.82, 2.24) is 4.90 Å². The molecule has 0 bridgehead atoms. The van der Waals surface area contributed by atoms with Gasteiger partial charge in [0.25, 0.3) is 0 Å². The summed E-state index contributed by atoms with van der Waals surface area (Å²) in [5.41, 5.74) is 1.76. The van der Waals surface area contributed by atoms with Crippen molar-refractivity contribution in [2.45, 2.75) is 25.2 Å². The molecule has 0 saturated carbocycles. The topological polar surface area (TPSA) is 73.2 Å². The zero-order valence-electron chi connectivity index (χ0n) is 14.7. The number of carbonyl (C=O) groups excluding carboxylic acids is 2. The number of Topliss-reactive ketones (excluding diaryl/α,β-unsaturated/α-hetero) is 1. The summed E-state index contributed by atoms with van der Waals surface area (Å²) in [6.07, 6.45) is 1.23. The van der Waals surface area contributed by atoms with E-state index >= 15 is 0 Å². The molecule has 1 heterocycles. The van der Waals surface area contributed by atoms with Gasteiger partial charge in [-0.3, -0.25) is 4.79 Å². The first kappa shape index (κ1) is 17.7. The highest BCUT2D eigenvalue weighted by molar-refractivity contribution is 5.95. The molecule has 2 aromatic rings. The van der Waals surface area contributed by atoms with Crippen LogP contribution in [0.5, 0.6) is 0 Å². The predicted molar refractivity (Wildman–Crippen MR) is 100 cm³/mol. The first-order valence-corrected chi connectivity index (χ1v) is 8.68. The maximum Gasteiger partial charge on any atom is 0.321 e. The Morgan fingerprint density at radius 3 is 2.19 bits per heavy atom. The van der Waals surface area contributed by atoms with Crippen LogP contribution in [0, 0.1) is 11.3 Å². The number of nitriles is 1. The molecule has 1 saturated heterocycles. The number of benzene rings is 2. The molecule has 26 heavy (non-hydrogen) atoms. The van der Waals surface area contributed by atoms with Crippen LogP contribution in [0.4, 0.5) is 10.5 Å². The van der Waals surface area contributed by atoms with E-state index in [1.54, 1.807) is 29.2 Å². The minimum Gasteiger partial charge on any atom is -0.324 e. The second kappa shape index (κ2) is 7.40. The van der Waals surface area contributed by atoms with Crippen molar-refractivity contribution >= 4 is 17.5 Å². The molecule has 0 spiro atoms. The molecule has 1 aliphatic rings. The Labute approximate surface area is 153 Å². The van der Waals surface area contributed by atoms with E-state index in [1.807, 2.05) is 30.3 Å². The smallest absolute Gasteiger partial charge is 0.321 e. The van der Waals surface area contributed by atoms with E-state index in [-0.39, 0.29) is 11.8 Å². The number of ketones is 1. The summed E-state index contributed by atoms with van der Waals surface area (Å²) in [4.78, 5) is 25.5. The maximum atomic E-state index is 12.5. The quantitative estimate of drug-likeness (QED) is 0.854. The summed E-state index contributed by atoms with van der Waals surface area (Å²) in [6, 6.07) is 18.9. The third-order valence-electron chi connectivity index (χ3n) is 4.99. The summed E-state index contributed by atoms with van der Waals surface area (Å²) >= 11 is 0. The number of nitrogens with one attached hydrogen (secondary N) is 1. The molecule has 2 amide bonds. The summed E-state index contributed by atoms with van der Waals surface area (Å²) in [5, 5.41) is 12.6. The molecule has 0 atom stereocenters. The second-order valence-corrected chi connectivity index (χ2v) is 6.61. The minimum absolute atomic E-state index is 0.00679. The minimum atomic E-state index is -0.527. The van der Waals surface area contributed by atoms with Crippen LogP contribution in [0.1, 0.15) is 35.7 Å². The van der Waals surface area contributed by atoms with Gasteiger partial charge in [0.05, 0.1) is 11.5 Å². The van der Waals surface area contributed by atoms with Gasteiger partial charge in [0.2, 0.25) is 0 Å². The molecule has 0 unspecified atom stereocenters. The van der Waals surface area contributed by atoms with E-state index in [2.05, 4.69) is 11.4 Å². The van der Waals surface area contributed by atoms with Gasteiger partial charge in [-0.25, -0.2) is 4.79 Å². The third-order valence-corrected chi connectivity index (χ3v) is 4.99. The summed E-state index contributed by atoms with van der Waals surface area (Å²) in [6.45, 7) is 2.56. The number of piperidine rings is 1. The van der Waals surface area contributed by atoms with Gasteiger partial charge >= 0.3 is 6.03 Å². The molecule has 0 aromatic heterocycles. The van der Waals surface area contributed by atoms with Gasteiger partial charge in [-0.05, 0) is 49.6 Å². The lowest BCUT2D eigenvalue weighted by Crippen LogP contribution is -2.46. The lowest BCUT2D eigenvalue weighted by molar-refractivity contribution is 0.101. The van der Waals surface area contributed by atoms with Gasteiger partial charge in [-0.1, -0.05) is 30.3 Å². The molecule has 132 valence electrons. The van der Waals surface area contributed by atoms with Gasteiger partial charge in [-0.15, -0.1) is 0 Å². The number of anilines is 1. The molecule has 5 heteroatoms. The van der Waals surface area contributed by atoms with Crippen LogP contribution in [-0.4, -0.2) is 29.8 Å². The summed E-state index contributed by atoms with van der Waals surface area (Å²) < 4.78 is 0. The second-order valence-electron chi connectivity index (χ2n) is 6.61. The van der Waals surface area contributed by atoms with E-state index in [0.29, 0.717) is 37.2 Å². The van der Waals surface area contributed by atoms with Crippen LogP contribution in [0.3, 0.4) is 0 Å². The number of rotatable bonds is 3. The third kappa shape index (κ3) is 3.60. The van der Waals surface area contributed by atoms with Crippen molar-refractivity contribution in [1.29, 1.82) is 5.26 Å². The lowest BCUT2D eigenvalue weighted by Gasteiger charge is -2.37. The molecule has 2 aromatic carbocycles. The van der Waals surface area contributed by atoms with Crippen LogP contribution >= 0.6 is 0 Å². The standard InChI is InChI=1S/C21H21N3O2/c1-16(25)17-7-9-19(10-8-17)23-20(26)24-13-11-21(15-22,12-14-24)18-5-3-2-4-6-18/h2-10H,11-14H2,1H3,(H,23,26). The Hall–Kier alpha value is -3.13. The van der Waals surface area contributed by atoms with E-state index in [9.17, 15) is 14.9 Å². The molecule has 1 N–H and O–H groups in total. The van der Waals surface area contributed by atoms with Gasteiger partial charge < -0.3 is 10.2 Å². The maximum absolute atomic E-state index is 12.5. The lowest BCUT2D eigenvalue weighted by atomic mass is 9.74. The van der Waals surface area contributed by atoms with E-state index in [1.165, 1.54) is 6.92 Å². The monoisotopic (exact) mass is 347 g/mol. The van der Waals surface area contributed by atoms with Crippen molar-refractivity contribution in [3.8, 4) is 6.07 Å². The van der Waals surface area contributed by atoms with Gasteiger partial charge in [-0.2, -0.15) is 5.26 Å². The zero-order valence-corrected chi connectivity index (χ0v) is 14.7. The average Bonchev–Trinajstić information content (AvgIpc) is 2.69. The van der Waals surface area contributed by atoms with Crippen LogP contribution in [-0.2, 0) is 5.41 Å². The predicted octanol–water partition coefficient (Wildman–Crippen LogP) is 3.98. The van der Waals surface area contributed by atoms with E-state index < -0.39 is 5.41 Å². The molecule has 0 aliphatic carbocycles. The fourth-order valence-corrected chi connectivity index (χ4v) is 3.30. The SMILES string of the molecule is CC(=O)c1ccc(NC(=O)N2CCC(C#N)(c3ccccc3)CC2)cc1.